The molecule has 3 fully saturated rings. The normalized spacial score (nSPS) is 20.7. The van der Waals surface area contributed by atoms with Gasteiger partial charge in [0.15, 0.2) is 0 Å². The molecule has 250 valence electrons. The summed E-state index contributed by atoms with van der Waals surface area (Å²) in [5, 5.41) is 26.4. The molecule has 3 N–H and O–H groups in total. The molecule has 2 aromatic rings. The number of hydrogen-bond donors (Lipinski definition) is 3. The highest BCUT2D eigenvalue weighted by Crippen LogP contribution is 2.34. The minimum absolute atomic E-state index is 0.0217. The van der Waals surface area contributed by atoms with Crippen molar-refractivity contribution in [2.24, 2.45) is 4.99 Å². The Morgan fingerprint density at radius 3 is 2.30 bits per heavy atom. The lowest BCUT2D eigenvalue weighted by molar-refractivity contribution is -0.134. The third kappa shape index (κ3) is 7.87. The lowest BCUT2D eigenvalue weighted by Crippen LogP contribution is -2.58. The Hall–Kier alpha value is -3.34. The zero-order valence-corrected chi connectivity index (χ0v) is 29.7. The Morgan fingerprint density at radius 1 is 0.979 bits per heavy atom. The number of carbonyl (C=O) groups excluding carboxylic acids is 2. The second kappa shape index (κ2) is 15.3. The SMILES string of the molecule is N#CN=C(N[C@H](Cc1cc(Br)c(O)c(Br)c1)C(=O)N1CCC(N2CCCCC2)CC1)N1CCC(N2Cc3ccccc3NC2=O)CC1. The molecular weight excluding hydrogens is 728 g/mol. The summed E-state index contributed by atoms with van der Waals surface area (Å²) in [5.41, 5.74) is 2.80. The molecule has 6 rings (SSSR count). The molecule has 4 heterocycles. The topological polar surface area (TPSA) is 128 Å². The Bertz CT molecular complexity index is 1500. The number of benzene rings is 2. The molecule has 0 radical (unpaired) electrons. The maximum absolute atomic E-state index is 14.2. The van der Waals surface area contributed by atoms with Crippen molar-refractivity contribution in [2.45, 2.75) is 76.0 Å². The molecule has 0 saturated carbocycles. The first-order valence-electron chi connectivity index (χ1n) is 16.6. The van der Waals surface area contributed by atoms with Gasteiger partial charge < -0.3 is 35.3 Å². The molecule has 3 amide bonds. The average molecular weight is 771 g/mol. The second-order valence-electron chi connectivity index (χ2n) is 12.9. The number of rotatable bonds is 6. The summed E-state index contributed by atoms with van der Waals surface area (Å²) in [5.74, 6) is 0.453. The Morgan fingerprint density at radius 2 is 1.62 bits per heavy atom. The molecule has 11 nitrogen and oxygen atoms in total. The second-order valence-corrected chi connectivity index (χ2v) is 14.6. The number of nitrogens with one attached hydrogen (secondary N) is 2. The number of nitriles is 1. The number of phenolic OH excluding ortho intramolecular Hbond substituents is 1. The van der Waals surface area contributed by atoms with Gasteiger partial charge >= 0.3 is 6.03 Å². The number of nitrogens with zero attached hydrogens (tertiary/aromatic N) is 6. The van der Waals surface area contributed by atoms with E-state index in [2.05, 4.69) is 52.4 Å². The fourth-order valence-electron chi connectivity index (χ4n) is 7.43. The van der Waals surface area contributed by atoms with Crippen molar-refractivity contribution in [3.8, 4) is 11.9 Å². The highest BCUT2D eigenvalue weighted by molar-refractivity contribution is 9.11. The standard InChI is InChI=1S/C34H42Br2N8O3/c35-27-18-23(19-28(36)31(27)45)20-30(32(46)42-14-8-25(9-15-42)41-12-4-1-5-13-41)39-33(38-22-37)43-16-10-26(11-17-43)44-21-24-6-2-3-7-29(24)40-34(44)47/h2-3,6-7,18-19,25-26,30,45H,1,4-5,8-17,20-21H2,(H,38,39)(H,40,47)/t30-/m1/s1. The van der Waals surface area contributed by atoms with Crippen LogP contribution in [0.5, 0.6) is 5.75 Å². The van der Waals surface area contributed by atoms with E-state index in [1.807, 2.05) is 57.3 Å². The molecule has 0 aliphatic carbocycles. The number of hydrogen-bond acceptors (Lipinski definition) is 6. The Labute approximate surface area is 293 Å². The number of aliphatic imine (C=N–C) groups is 1. The molecule has 3 saturated heterocycles. The van der Waals surface area contributed by atoms with Crippen molar-refractivity contribution in [2.75, 3.05) is 44.6 Å². The summed E-state index contributed by atoms with van der Waals surface area (Å²) in [7, 11) is 0. The van der Waals surface area contributed by atoms with Crippen LogP contribution in [-0.2, 0) is 17.8 Å². The molecule has 0 spiro atoms. The van der Waals surface area contributed by atoms with E-state index in [1.165, 1.54) is 19.3 Å². The maximum atomic E-state index is 14.2. The number of phenols is 1. The van der Waals surface area contributed by atoms with Gasteiger partial charge in [-0.3, -0.25) is 4.79 Å². The third-order valence-corrected chi connectivity index (χ3v) is 11.2. The highest BCUT2D eigenvalue weighted by atomic mass is 79.9. The van der Waals surface area contributed by atoms with E-state index in [4.69, 9.17) is 0 Å². The van der Waals surface area contributed by atoms with E-state index in [9.17, 15) is 20.0 Å². The Balaban J connectivity index is 1.14. The predicted octanol–water partition coefficient (Wildman–Crippen LogP) is 5.24. The van der Waals surface area contributed by atoms with E-state index >= 15 is 0 Å². The first kappa shape index (κ1) is 33.6. The lowest BCUT2D eigenvalue weighted by atomic mass is 9.98. The van der Waals surface area contributed by atoms with Crippen LogP contribution in [0.2, 0.25) is 0 Å². The molecule has 13 heteroatoms. The zero-order chi connectivity index (χ0) is 32.9. The monoisotopic (exact) mass is 768 g/mol. The van der Waals surface area contributed by atoms with Crippen molar-refractivity contribution in [3.05, 3.63) is 56.5 Å². The first-order valence-corrected chi connectivity index (χ1v) is 18.2. The number of carbonyl (C=O) groups is 2. The van der Waals surface area contributed by atoms with Crippen molar-refractivity contribution in [3.63, 3.8) is 0 Å². The van der Waals surface area contributed by atoms with Crippen LogP contribution in [0.15, 0.2) is 50.3 Å². The van der Waals surface area contributed by atoms with E-state index in [-0.39, 0.29) is 23.7 Å². The quantitative estimate of drug-likeness (QED) is 0.208. The van der Waals surface area contributed by atoms with Crippen molar-refractivity contribution >= 4 is 55.4 Å². The molecule has 0 bridgehead atoms. The molecule has 0 unspecified atom stereocenters. The van der Waals surface area contributed by atoms with E-state index in [0.717, 1.165) is 42.7 Å². The molecule has 0 aromatic heterocycles. The van der Waals surface area contributed by atoms with Gasteiger partial charge in [-0.2, -0.15) is 5.26 Å². The number of piperidine rings is 3. The molecule has 2 aromatic carbocycles. The van der Waals surface area contributed by atoms with Crippen LogP contribution in [0, 0.1) is 11.5 Å². The smallest absolute Gasteiger partial charge is 0.322 e. The summed E-state index contributed by atoms with van der Waals surface area (Å²) >= 11 is 6.85. The summed E-state index contributed by atoms with van der Waals surface area (Å²) in [4.78, 5) is 39.8. The van der Waals surface area contributed by atoms with E-state index < -0.39 is 6.04 Å². The van der Waals surface area contributed by atoms with Crippen LogP contribution in [0.25, 0.3) is 0 Å². The number of amides is 3. The van der Waals surface area contributed by atoms with Gasteiger partial charge in [0, 0.05) is 56.9 Å². The fourth-order valence-corrected chi connectivity index (χ4v) is 8.71. The van der Waals surface area contributed by atoms with Gasteiger partial charge in [0.05, 0.1) is 8.95 Å². The Kier molecular flexibility index (Phi) is 10.9. The largest absolute Gasteiger partial charge is 0.506 e. The minimum atomic E-state index is -0.668. The third-order valence-electron chi connectivity index (χ3n) is 10.0. The van der Waals surface area contributed by atoms with Gasteiger partial charge in [-0.05, 0) is 113 Å². The molecule has 4 aliphatic rings. The van der Waals surface area contributed by atoms with Crippen molar-refractivity contribution in [1.29, 1.82) is 5.26 Å². The summed E-state index contributed by atoms with van der Waals surface area (Å²) in [6.07, 6.45) is 9.42. The van der Waals surface area contributed by atoms with Crippen LogP contribution >= 0.6 is 31.9 Å². The number of likely N-dealkylation sites (tertiary alicyclic amines) is 3. The number of para-hydroxylation sites is 1. The first-order chi connectivity index (χ1) is 22.8. The fraction of sp³-hybridized carbons (Fsp3) is 0.529. The predicted molar refractivity (Wildman–Crippen MR) is 188 cm³/mol. The van der Waals surface area contributed by atoms with Crippen LogP contribution in [0.1, 0.15) is 56.1 Å². The van der Waals surface area contributed by atoms with Gasteiger partial charge in [0.25, 0.3) is 0 Å². The van der Waals surface area contributed by atoms with Crippen molar-refractivity contribution in [1.82, 2.24) is 24.9 Å². The lowest BCUT2D eigenvalue weighted by Gasteiger charge is -2.42. The van der Waals surface area contributed by atoms with Crippen molar-refractivity contribution < 1.29 is 14.7 Å². The van der Waals surface area contributed by atoms with Crippen LogP contribution in [-0.4, -0.2) is 100.0 Å². The number of fused-ring (bicyclic) bond motifs is 1. The van der Waals surface area contributed by atoms with Crippen LogP contribution in [0.3, 0.4) is 0 Å². The summed E-state index contributed by atoms with van der Waals surface area (Å²) in [6, 6.07) is 11.3. The number of urea groups is 1. The molecule has 47 heavy (non-hydrogen) atoms. The van der Waals surface area contributed by atoms with Gasteiger partial charge in [0.1, 0.15) is 11.8 Å². The molecular formula is C34H42Br2N8O3. The number of halogens is 2. The average Bonchev–Trinajstić information content (AvgIpc) is 3.10. The summed E-state index contributed by atoms with van der Waals surface area (Å²) in [6.45, 7) is 5.41. The molecule has 4 aliphatic heterocycles. The van der Waals surface area contributed by atoms with E-state index in [0.29, 0.717) is 72.9 Å². The van der Waals surface area contributed by atoms with Gasteiger partial charge in [0.2, 0.25) is 18.1 Å². The van der Waals surface area contributed by atoms with Crippen LogP contribution < -0.4 is 10.6 Å². The zero-order valence-electron chi connectivity index (χ0n) is 26.5. The van der Waals surface area contributed by atoms with Gasteiger partial charge in [-0.1, -0.05) is 24.6 Å². The van der Waals surface area contributed by atoms with Gasteiger partial charge in [-0.15, -0.1) is 4.99 Å². The van der Waals surface area contributed by atoms with E-state index in [1.54, 1.807) is 0 Å². The highest BCUT2D eigenvalue weighted by Gasteiger charge is 2.35. The van der Waals surface area contributed by atoms with Gasteiger partial charge in [-0.25, -0.2) is 4.79 Å². The molecule has 1 atom stereocenters. The summed E-state index contributed by atoms with van der Waals surface area (Å²) < 4.78 is 1.07. The number of aromatic hydroxyl groups is 1. The minimum Gasteiger partial charge on any atom is -0.506 e. The van der Waals surface area contributed by atoms with Crippen LogP contribution in [0.4, 0.5) is 10.5 Å². The number of guanidine groups is 1. The maximum Gasteiger partial charge on any atom is 0.322 e. The number of anilines is 1.